The number of aryl methyl sites for hydroxylation is 1. The van der Waals surface area contributed by atoms with E-state index in [2.05, 4.69) is 12.2 Å². The largest absolute Gasteiger partial charge is 0.465 e. The van der Waals surface area contributed by atoms with Crippen molar-refractivity contribution >= 4 is 6.09 Å². The van der Waals surface area contributed by atoms with Gasteiger partial charge < -0.3 is 19.4 Å². The van der Waals surface area contributed by atoms with Crippen molar-refractivity contribution < 1.29 is 13.9 Å². The molecule has 1 N–H and O–H groups in total. The summed E-state index contributed by atoms with van der Waals surface area (Å²) in [6, 6.07) is 4.40. The Morgan fingerprint density at radius 2 is 2.37 bits per heavy atom. The maximum absolute atomic E-state index is 11.5. The molecule has 0 saturated carbocycles. The molecule has 2 heterocycles. The van der Waals surface area contributed by atoms with E-state index in [0.717, 1.165) is 30.9 Å². The van der Waals surface area contributed by atoms with Crippen LogP contribution in [0.3, 0.4) is 0 Å². The lowest BCUT2D eigenvalue weighted by Crippen LogP contribution is -2.48. The van der Waals surface area contributed by atoms with Gasteiger partial charge in [-0.3, -0.25) is 0 Å². The monoisotopic (exact) mass is 266 g/mol. The number of carbonyl (C=O) groups is 1. The standard InChI is InChI=1S/C14H22N2O3/c1-10-6-7-13(19-10)11(2)15-12-5-4-8-16(9-12)14(17)18-3/h6-7,11-12,15H,4-5,8-9H2,1-3H3/t11-,12-/m0/s1. The Morgan fingerprint density at radius 1 is 1.58 bits per heavy atom. The second-order valence-corrected chi connectivity index (χ2v) is 5.09. The number of amides is 1. The van der Waals surface area contributed by atoms with Crippen LogP contribution < -0.4 is 5.32 Å². The number of rotatable bonds is 3. The Hall–Kier alpha value is -1.49. The molecule has 5 nitrogen and oxygen atoms in total. The molecule has 19 heavy (non-hydrogen) atoms. The van der Waals surface area contributed by atoms with Gasteiger partial charge in [0.05, 0.1) is 13.2 Å². The molecule has 0 unspecified atom stereocenters. The first kappa shape index (κ1) is 13.9. The van der Waals surface area contributed by atoms with Gasteiger partial charge in [0.15, 0.2) is 0 Å². The van der Waals surface area contributed by atoms with Crippen LogP contribution in [0.4, 0.5) is 4.79 Å². The van der Waals surface area contributed by atoms with Gasteiger partial charge in [0.2, 0.25) is 0 Å². The van der Waals surface area contributed by atoms with Crippen LogP contribution >= 0.6 is 0 Å². The summed E-state index contributed by atoms with van der Waals surface area (Å²) in [7, 11) is 1.42. The normalized spacial score (nSPS) is 21.2. The first-order chi connectivity index (χ1) is 9.10. The third kappa shape index (κ3) is 3.50. The van der Waals surface area contributed by atoms with E-state index in [1.54, 1.807) is 4.90 Å². The summed E-state index contributed by atoms with van der Waals surface area (Å²) in [6.07, 6.45) is 1.82. The molecule has 1 aliphatic heterocycles. The number of ether oxygens (including phenoxy) is 1. The number of nitrogens with zero attached hydrogens (tertiary/aromatic N) is 1. The maximum Gasteiger partial charge on any atom is 0.409 e. The van der Waals surface area contributed by atoms with E-state index in [4.69, 9.17) is 9.15 Å². The second-order valence-electron chi connectivity index (χ2n) is 5.09. The van der Waals surface area contributed by atoms with Crippen LogP contribution in [-0.4, -0.2) is 37.2 Å². The van der Waals surface area contributed by atoms with E-state index in [1.807, 2.05) is 19.1 Å². The summed E-state index contributed by atoms with van der Waals surface area (Å²) in [5.74, 6) is 1.86. The first-order valence-corrected chi connectivity index (χ1v) is 6.75. The molecule has 106 valence electrons. The Kier molecular flexibility index (Phi) is 4.47. The van der Waals surface area contributed by atoms with Gasteiger partial charge in [-0.1, -0.05) is 0 Å². The first-order valence-electron chi connectivity index (χ1n) is 6.75. The minimum Gasteiger partial charge on any atom is -0.465 e. The Labute approximate surface area is 113 Å². The molecule has 1 aromatic heterocycles. The van der Waals surface area contributed by atoms with Gasteiger partial charge in [0, 0.05) is 19.1 Å². The van der Waals surface area contributed by atoms with E-state index < -0.39 is 0 Å². The Balaban J connectivity index is 1.90. The molecule has 1 amide bonds. The fraction of sp³-hybridized carbons (Fsp3) is 0.643. The van der Waals surface area contributed by atoms with Crippen molar-refractivity contribution in [3.63, 3.8) is 0 Å². The molecule has 1 saturated heterocycles. The topological polar surface area (TPSA) is 54.7 Å². The van der Waals surface area contributed by atoms with Gasteiger partial charge in [-0.25, -0.2) is 4.79 Å². The summed E-state index contributed by atoms with van der Waals surface area (Å²) in [6.45, 7) is 5.49. The van der Waals surface area contributed by atoms with Crippen LogP contribution in [0.5, 0.6) is 0 Å². The smallest absolute Gasteiger partial charge is 0.409 e. The van der Waals surface area contributed by atoms with Gasteiger partial charge in [0.1, 0.15) is 11.5 Å². The van der Waals surface area contributed by atoms with Gasteiger partial charge in [-0.05, 0) is 38.8 Å². The lowest BCUT2D eigenvalue weighted by Gasteiger charge is -2.33. The van der Waals surface area contributed by atoms with Crippen molar-refractivity contribution in [1.29, 1.82) is 0 Å². The molecule has 0 aromatic carbocycles. The highest BCUT2D eigenvalue weighted by Gasteiger charge is 2.25. The highest BCUT2D eigenvalue weighted by atomic mass is 16.5. The van der Waals surface area contributed by atoms with Crippen LogP contribution in [0.15, 0.2) is 16.5 Å². The van der Waals surface area contributed by atoms with Crippen molar-refractivity contribution in [1.82, 2.24) is 10.2 Å². The summed E-state index contributed by atoms with van der Waals surface area (Å²) < 4.78 is 10.4. The zero-order chi connectivity index (χ0) is 13.8. The zero-order valence-corrected chi connectivity index (χ0v) is 11.8. The van der Waals surface area contributed by atoms with Crippen LogP contribution in [-0.2, 0) is 4.74 Å². The van der Waals surface area contributed by atoms with Gasteiger partial charge >= 0.3 is 6.09 Å². The number of hydrogen-bond donors (Lipinski definition) is 1. The molecule has 2 rings (SSSR count). The van der Waals surface area contributed by atoms with Crippen molar-refractivity contribution in [3.05, 3.63) is 23.7 Å². The number of carbonyl (C=O) groups excluding carboxylic acids is 1. The molecule has 0 aliphatic carbocycles. The van der Waals surface area contributed by atoms with E-state index in [0.29, 0.717) is 6.54 Å². The average molecular weight is 266 g/mol. The summed E-state index contributed by atoms with van der Waals surface area (Å²) in [5.41, 5.74) is 0. The van der Waals surface area contributed by atoms with Crippen LogP contribution in [0.1, 0.15) is 37.3 Å². The number of likely N-dealkylation sites (tertiary alicyclic amines) is 1. The minimum atomic E-state index is -0.243. The fourth-order valence-electron chi connectivity index (χ4n) is 2.53. The fourth-order valence-corrected chi connectivity index (χ4v) is 2.53. The lowest BCUT2D eigenvalue weighted by atomic mass is 10.0. The summed E-state index contributed by atoms with van der Waals surface area (Å²) in [5, 5.41) is 3.51. The molecule has 1 aliphatic rings. The molecule has 2 atom stereocenters. The third-order valence-corrected chi connectivity index (χ3v) is 3.53. The van der Waals surface area contributed by atoms with Crippen molar-refractivity contribution in [3.8, 4) is 0 Å². The molecule has 5 heteroatoms. The minimum absolute atomic E-state index is 0.149. The van der Waals surface area contributed by atoms with Crippen LogP contribution in [0.25, 0.3) is 0 Å². The molecule has 1 fully saturated rings. The van der Waals surface area contributed by atoms with E-state index in [-0.39, 0.29) is 18.2 Å². The number of methoxy groups -OCH3 is 1. The van der Waals surface area contributed by atoms with E-state index >= 15 is 0 Å². The van der Waals surface area contributed by atoms with Crippen LogP contribution in [0, 0.1) is 6.92 Å². The quantitative estimate of drug-likeness (QED) is 0.913. The van der Waals surface area contributed by atoms with Gasteiger partial charge in [-0.2, -0.15) is 0 Å². The lowest BCUT2D eigenvalue weighted by molar-refractivity contribution is 0.105. The summed E-state index contributed by atoms with van der Waals surface area (Å²) >= 11 is 0. The number of hydrogen-bond acceptors (Lipinski definition) is 4. The maximum atomic E-state index is 11.5. The van der Waals surface area contributed by atoms with Gasteiger partial charge in [0.25, 0.3) is 0 Å². The average Bonchev–Trinajstić information content (AvgIpc) is 2.85. The van der Waals surface area contributed by atoms with E-state index in [1.165, 1.54) is 7.11 Å². The predicted octanol–water partition coefficient (Wildman–Crippen LogP) is 2.47. The number of furan rings is 1. The van der Waals surface area contributed by atoms with Crippen molar-refractivity contribution in [2.45, 2.75) is 38.8 Å². The molecule has 0 radical (unpaired) electrons. The molecular weight excluding hydrogens is 244 g/mol. The van der Waals surface area contributed by atoms with E-state index in [9.17, 15) is 4.79 Å². The zero-order valence-electron chi connectivity index (χ0n) is 11.8. The Morgan fingerprint density at radius 3 is 3.00 bits per heavy atom. The molecule has 0 spiro atoms. The number of piperidine rings is 1. The predicted molar refractivity (Wildman–Crippen MR) is 72.0 cm³/mol. The van der Waals surface area contributed by atoms with Crippen molar-refractivity contribution in [2.24, 2.45) is 0 Å². The van der Waals surface area contributed by atoms with Crippen molar-refractivity contribution in [2.75, 3.05) is 20.2 Å². The molecular formula is C14H22N2O3. The SMILES string of the molecule is COC(=O)N1CCC[C@H](N[C@@H](C)c2ccc(C)o2)C1. The van der Waals surface area contributed by atoms with Crippen LogP contribution in [0.2, 0.25) is 0 Å². The third-order valence-electron chi connectivity index (χ3n) is 3.53. The molecule has 1 aromatic rings. The second kappa shape index (κ2) is 6.10. The summed E-state index contributed by atoms with van der Waals surface area (Å²) in [4.78, 5) is 13.3. The van der Waals surface area contributed by atoms with Gasteiger partial charge in [-0.15, -0.1) is 0 Å². The molecule has 0 bridgehead atoms. The highest BCUT2D eigenvalue weighted by molar-refractivity contribution is 5.67. The Bertz CT molecular complexity index is 430. The number of nitrogens with one attached hydrogen (secondary N) is 1. The highest BCUT2D eigenvalue weighted by Crippen LogP contribution is 2.19.